The van der Waals surface area contributed by atoms with Gasteiger partial charge < -0.3 is 4.74 Å². The molecule has 0 bridgehead atoms. The molecule has 41 heavy (non-hydrogen) atoms. The van der Waals surface area contributed by atoms with E-state index in [1.54, 1.807) is 0 Å². The minimum Gasteiger partial charge on any atom is -0.429 e. The lowest BCUT2D eigenvalue weighted by atomic mass is 9.98. The first-order chi connectivity index (χ1) is 19.2. The van der Waals surface area contributed by atoms with E-state index in [-0.39, 0.29) is 36.2 Å². The third-order valence-corrected chi connectivity index (χ3v) is 6.19. The first kappa shape index (κ1) is 29.7. The second-order valence-corrected chi connectivity index (χ2v) is 9.02. The normalized spacial score (nSPS) is 11.6. The van der Waals surface area contributed by atoms with Crippen molar-refractivity contribution in [1.82, 2.24) is 0 Å². The first-order valence-corrected chi connectivity index (χ1v) is 11.8. The summed E-state index contributed by atoms with van der Waals surface area (Å²) < 4.78 is 150. The van der Waals surface area contributed by atoms with Crippen molar-refractivity contribution < 1.29 is 48.6 Å². The molecule has 0 saturated carbocycles. The average molecular weight is 584 g/mol. The molecule has 0 radical (unpaired) electrons. The molecule has 4 rings (SSSR count). The van der Waals surface area contributed by atoms with Gasteiger partial charge in [0, 0.05) is 17.7 Å². The van der Waals surface area contributed by atoms with Gasteiger partial charge in [-0.15, -0.1) is 6.58 Å². The summed E-state index contributed by atoms with van der Waals surface area (Å²) in [4.78, 5) is 0. The van der Waals surface area contributed by atoms with Crippen LogP contribution in [-0.2, 0) is 12.5 Å². The predicted octanol–water partition coefficient (Wildman–Crippen LogP) is 9.69. The molecule has 0 N–H and O–H groups in total. The molecule has 0 heterocycles. The van der Waals surface area contributed by atoms with Gasteiger partial charge in [-0.1, -0.05) is 6.08 Å². The van der Waals surface area contributed by atoms with Crippen LogP contribution in [0.25, 0.3) is 22.3 Å². The Balaban J connectivity index is 1.68. The van der Waals surface area contributed by atoms with Gasteiger partial charge in [-0.2, -0.15) is 8.78 Å². The Bertz CT molecular complexity index is 1570. The lowest BCUT2D eigenvalue weighted by molar-refractivity contribution is -0.189. The summed E-state index contributed by atoms with van der Waals surface area (Å²) in [5.74, 6) is -12.9. The molecule has 0 unspecified atom stereocenters. The topological polar surface area (TPSA) is 9.23 Å². The van der Waals surface area contributed by atoms with E-state index in [1.165, 1.54) is 6.08 Å². The maximum atomic E-state index is 14.9. The van der Waals surface area contributed by atoms with Crippen LogP contribution in [0.2, 0.25) is 0 Å². The molecular formula is C30H18F10O. The van der Waals surface area contributed by atoms with Crippen molar-refractivity contribution in [2.45, 2.75) is 25.9 Å². The monoisotopic (exact) mass is 584 g/mol. The Morgan fingerprint density at radius 2 is 1.05 bits per heavy atom. The van der Waals surface area contributed by atoms with Crippen molar-refractivity contribution in [3.05, 3.63) is 124 Å². The number of ether oxygens (including phenoxy) is 1. The van der Waals surface area contributed by atoms with Crippen LogP contribution in [0.15, 0.2) is 61.2 Å². The van der Waals surface area contributed by atoms with Gasteiger partial charge in [-0.3, -0.25) is 0 Å². The number of benzene rings is 4. The van der Waals surface area contributed by atoms with Crippen LogP contribution in [-0.4, -0.2) is 0 Å². The van der Waals surface area contributed by atoms with Gasteiger partial charge in [0.05, 0.1) is 11.1 Å². The summed E-state index contributed by atoms with van der Waals surface area (Å²) in [7, 11) is 0. The molecule has 214 valence electrons. The average Bonchev–Trinajstić information content (AvgIpc) is 2.84. The zero-order chi connectivity index (χ0) is 30.2. The molecule has 0 aliphatic rings. The van der Waals surface area contributed by atoms with E-state index in [0.29, 0.717) is 18.6 Å². The highest BCUT2D eigenvalue weighted by Gasteiger charge is 2.42. The molecule has 11 heteroatoms. The smallest absolute Gasteiger partial charge is 0.429 e. The Labute approximate surface area is 227 Å². The Kier molecular flexibility index (Phi) is 8.19. The van der Waals surface area contributed by atoms with E-state index in [2.05, 4.69) is 11.3 Å². The predicted molar refractivity (Wildman–Crippen MR) is 131 cm³/mol. The third-order valence-electron chi connectivity index (χ3n) is 6.19. The molecule has 0 aliphatic carbocycles. The molecular weight excluding hydrogens is 566 g/mol. The van der Waals surface area contributed by atoms with Crippen molar-refractivity contribution in [1.29, 1.82) is 0 Å². The fourth-order valence-corrected chi connectivity index (χ4v) is 4.18. The number of aryl methyl sites for hydroxylation is 1. The summed E-state index contributed by atoms with van der Waals surface area (Å²) in [6.45, 7) is 4.57. The summed E-state index contributed by atoms with van der Waals surface area (Å²) in [6, 6.07) is 4.07. The maximum Gasteiger partial charge on any atom is 0.432 e. The van der Waals surface area contributed by atoms with Crippen LogP contribution in [0.3, 0.4) is 0 Å². The molecule has 0 aliphatic heterocycles. The SMILES string of the molecule is C=CCCc1cc(F)c(-c2cc(F)c(C(F)(F)Oc3cc(F)c(-c4cc(F)c(C)c(F)c4)c(F)c3)c(F)c2)c(F)c1. The van der Waals surface area contributed by atoms with Crippen LogP contribution >= 0.6 is 0 Å². The lowest BCUT2D eigenvalue weighted by Gasteiger charge is -2.21. The van der Waals surface area contributed by atoms with E-state index >= 15 is 0 Å². The fourth-order valence-electron chi connectivity index (χ4n) is 4.18. The summed E-state index contributed by atoms with van der Waals surface area (Å²) >= 11 is 0. The minimum atomic E-state index is -4.87. The molecule has 0 saturated heterocycles. The van der Waals surface area contributed by atoms with Crippen LogP contribution < -0.4 is 4.74 Å². The standard InChI is InChI=1S/C30H18F10O/c1-3-4-5-15-6-21(33)27(22(34)7-15)17-10-25(37)29(26(38)11-17)30(39,40)41-18-12-23(35)28(24(36)13-18)16-8-19(31)14(2)20(32)9-16/h3,6-13H,1,4-5H2,2H3. The Morgan fingerprint density at radius 1 is 0.634 bits per heavy atom. The number of rotatable bonds is 8. The first-order valence-electron chi connectivity index (χ1n) is 11.8. The van der Waals surface area contributed by atoms with Crippen molar-refractivity contribution in [3.63, 3.8) is 0 Å². The number of allylic oxidation sites excluding steroid dienone is 1. The van der Waals surface area contributed by atoms with E-state index < -0.39 is 91.8 Å². The lowest BCUT2D eigenvalue weighted by Crippen LogP contribution is -2.25. The second kappa shape index (κ2) is 11.3. The molecule has 4 aromatic rings. The number of hydrogen-bond acceptors (Lipinski definition) is 1. The Hall–Kier alpha value is -4.28. The zero-order valence-corrected chi connectivity index (χ0v) is 21.0. The molecule has 4 aromatic carbocycles. The van der Waals surface area contributed by atoms with Gasteiger partial charge in [0.1, 0.15) is 57.9 Å². The van der Waals surface area contributed by atoms with Gasteiger partial charge in [-0.25, -0.2) is 35.1 Å². The van der Waals surface area contributed by atoms with E-state index in [9.17, 15) is 43.9 Å². The van der Waals surface area contributed by atoms with Crippen molar-refractivity contribution in [2.75, 3.05) is 0 Å². The van der Waals surface area contributed by atoms with Crippen LogP contribution in [0, 0.1) is 53.5 Å². The van der Waals surface area contributed by atoms with Crippen LogP contribution in [0.5, 0.6) is 5.75 Å². The van der Waals surface area contributed by atoms with Crippen molar-refractivity contribution >= 4 is 0 Å². The van der Waals surface area contributed by atoms with Gasteiger partial charge in [0.2, 0.25) is 0 Å². The van der Waals surface area contributed by atoms with E-state index in [4.69, 9.17) is 0 Å². The highest BCUT2D eigenvalue weighted by Crippen LogP contribution is 2.40. The van der Waals surface area contributed by atoms with Crippen LogP contribution in [0.4, 0.5) is 43.9 Å². The third kappa shape index (κ3) is 5.94. The highest BCUT2D eigenvalue weighted by atomic mass is 19.3. The highest BCUT2D eigenvalue weighted by molar-refractivity contribution is 5.67. The van der Waals surface area contributed by atoms with Crippen molar-refractivity contribution in [3.8, 4) is 28.0 Å². The van der Waals surface area contributed by atoms with Gasteiger partial charge in [0.15, 0.2) is 0 Å². The fraction of sp³-hybridized carbons (Fsp3) is 0.133. The van der Waals surface area contributed by atoms with Gasteiger partial charge >= 0.3 is 6.11 Å². The van der Waals surface area contributed by atoms with E-state index in [1.807, 2.05) is 0 Å². The molecule has 0 atom stereocenters. The zero-order valence-electron chi connectivity index (χ0n) is 21.0. The number of alkyl halides is 2. The molecule has 0 aromatic heterocycles. The van der Waals surface area contributed by atoms with Gasteiger partial charge in [0.25, 0.3) is 0 Å². The second-order valence-electron chi connectivity index (χ2n) is 9.02. The minimum absolute atomic E-state index is 0.226. The maximum absolute atomic E-state index is 14.9. The molecule has 0 amide bonds. The number of hydrogen-bond donors (Lipinski definition) is 0. The molecule has 0 fully saturated rings. The van der Waals surface area contributed by atoms with Crippen molar-refractivity contribution in [2.24, 2.45) is 0 Å². The largest absolute Gasteiger partial charge is 0.432 e. The van der Waals surface area contributed by atoms with Gasteiger partial charge in [-0.05, 0) is 72.9 Å². The van der Waals surface area contributed by atoms with E-state index in [0.717, 1.165) is 19.1 Å². The number of halogens is 10. The molecule has 0 spiro atoms. The molecule has 1 nitrogen and oxygen atoms in total. The summed E-state index contributed by atoms with van der Waals surface area (Å²) in [6.07, 6.45) is -2.74. The summed E-state index contributed by atoms with van der Waals surface area (Å²) in [5, 5.41) is 0. The van der Waals surface area contributed by atoms with Crippen LogP contribution in [0.1, 0.15) is 23.1 Å². The Morgan fingerprint density at radius 3 is 1.49 bits per heavy atom. The summed E-state index contributed by atoms with van der Waals surface area (Å²) in [5.41, 5.74) is -5.36. The quantitative estimate of drug-likeness (QED) is 0.148.